The molecule has 1 saturated heterocycles. The molecule has 5 rings (SSSR count). The number of alkyl halides is 2. The van der Waals surface area contributed by atoms with E-state index in [1.165, 1.54) is 23.4 Å². The highest BCUT2D eigenvalue weighted by molar-refractivity contribution is 7.98. The van der Waals surface area contributed by atoms with E-state index in [2.05, 4.69) is 30.3 Å². The summed E-state index contributed by atoms with van der Waals surface area (Å²) in [6, 6.07) is 8.34. The van der Waals surface area contributed by atoms with Crippen LogP contribution in [-0.2, 0) is 9.53 Å². The van der Waals surface area contributed by atoms with Crippen molar-refractivity contribution >= 4 is 40.6 Å². The van der Waals surface area contributed by atoms with Crippen molar-refractivity contribution in [1.29, 1.82) is 0 Å². The van der Waals surface area contributed by atoms with Gasteiger partial charge in [0.05, 0.1) is 18.1 Å². The molecule has 2 N–H and O–H groups in total. The average Bonchev–Trinajstić information content (AvgIpc) is 3.49. The standard InChI is InChI=1S/C25H29F2N7O3S/c1-37-25(36)30-17-11-12-33(23(17)35)15-9-7-14(8-10-15)28-19-13-20(32-24(31-19)38-2)34-18-6-4-3-5-16(18)29-22(34)21(26)27/h3-6,13-15,17,21H,7-12H2,1-2H3,(H,30,36)(H,28,31,32)/t14?,15?,17-/m1/s1. The summed E-state index contributed by atoms with van der Waals surface area (Å²) in [5.74, 6) is 0.453. The third kappa shape index (κ3) is 5.24. The molecule has 3 aromatic rings. The predicted molar refractivity (Wildman–Crippen MR) is 139 cm³/mol. The number of nitrogens with one attached hydrogen (secondary N) is 2. The molecule has 13 heteroatoms. The van der Waals surface area contributed by atoms with Gasteiger partial charge in [-0.15, -0.1) is 0 Å². The predicted octanol–water partition coefficient (Wildman–Crippen LogP) is 4.16. The Hall–Kier alpha value is -3.48. The molecule has 2 fully saturated rings. The minimum atomic E-state index is -2.77. The van der Waals surface area contributed by atoms with E-state index in [1.54, 1.807) is 30.3 Å². The minimum Gasteiger partial charge on any atom is -0.453 e. The second-order valence-electron chi connectivity index (χ2n) is 9.35. The van der Waals surface area contributed by atoms with E-state index < -0.39 is 18.6 Å². The molecule has 1 aliphatic heterocycles. The Labute approximate surface area is 222 Å². The summed E-state index contributed by atoms with van der Waals surface area (Å²) in [5, 5.41) is 6.52. The topological polar surface area (TPSA) is 114 Å². The molecular weight excluding hydrogens is 516 g/mol. The first kappa shape index (κ1) is 26.1. The van der Waals surface area contributed by atoms with Gasteiger partial charge in [0.15, 0.2) is 11.0 Å². The van der Waals surface area contributed by atoms with Crippen LogP contribution in [0.3, 0.4) is 0 Å². The number of benzene rings is 1. The molecule has 202 valence electrons. The lowest BCUT2D eigenvalue weighted by atomic mass is 9.90. The van der Waals surface area contributed by atoms with Gasteiger partial charge in [-0.2, -0.15) is 0 Å². The van der Waals surface area contributed by atoms with Gasteiger partial charge in [0.25, 0.3) is 6.43 Å². The summed E-state index contributed by atoms with van der Waals surface area (Å²) in [4.78, 5) is 39.4. The summed E-state index contributed by atoms with van der Waals surface area (Å²) < 4.78 is 33.8. The van der Waals surface area contributed by atoms with Crippen molar-refractivity contribution in [3.8, 4) is 5.82 Å². The Morgan fingerprint density at radius 2 is 1.89 bits per heavy atom. The maximum atomic E-state index is 13.9. The number of thioether (sulfide) groups is 1. The number of ether oxygens (including phenoxy) is 1. The Morgan fingerprint density at radius 1 is 1.13 bits per heavy atom. The molecule has 1 aliphatic carbocycles. The molecule has 1 saturated carbocycles. The number of hydrogen-bond donors (Lipinski definition) is 2. The van der Waals surface area contributed by atoms with E-state index in [1.807, 2.05) is 11.2 Å². The SMILES string of the molecule is COC(=O)N[C@@H]1CCN(C2CCC(Nc3cc(-n4c(C(F)F)nc5ccccc54)nc(SC)n3)CC2)C1=O. The van der Waals surface area contributed by atoms with Crippen molar-refractivity contribution in [2.45, 2.75) is 61.8 Å². The van der Waals surface area contributed by atoms with E-state index in [0.717, 1.165) is 25.7 Å². The molecule has 0 unspecified atom stereocenters. The number of para-hydroxylation sites is 2. The fourth-order valence-electron chi connectivity index (χ4n) is 5.27. The second kappa shape index (κ2) is 11.1. The number of carbonyl (C=O) groups excluding carboxylic acids is 2. The maximum Gasteiger partial charge on any atom is 0.407 e. The first-order chi connectivity index (χ1) is 18.4. The van der Waals surface area contributed by atoms with Crippen LogP contribution >= 0.6 is 11.8 Å². The third-order valence-corrected chi connectivity index (χ3v) is 7.64. The average molecular weight is 546 g/mol. The fourth-order valence-corrected chi connectivity index (χ4v) is 5.64. The van der Waals surface area contributed by atoms with Crippen molar-refractivity contribution < 1.29 is 23.1 Å². The number of rotatable bonds is 7. The Kier molecular flexibility index (Phi) is 7.63. The molecule has 38 heavy (non-hydrogen) atoms. The molecule has 2 aliphatic rings. The van der Waals surface area contributed by atoms with Crippen molar-refractivity contribution in [2.24, 2.45) is 0 Å². The normalized spacial score (nSPS) is 21.8. The first-order valence-electron chi connectivity index (χ1n) is 12.5. The Morgan fingerprint density at radius 3 is 2.61 bits per heavy atom. The van der Waals surface area contributed by atoms with Gasteiger partial charge in [0.1, 0.15) is 17.7 Å². The van der Waals surface area contributed by atoms with Gasteiger partial charge in [-0.05, 0) is 50.5 Å². The van der Waals surface area contributed by atoms with Gasteiger partial charge < -0.3 is 20.3 Å². The number of alkyl carbamates (subject to hydrolysis) is 1. The van der Waals surface area contributed by atoms with Crippen molar-refractivity contribution in [3.05, 3.63) is 36.2 Å². The fraction of sp³-hybridized carbons (Fsp3) is 0.480. The van der Waals surface area contributed by atoms with Gasteiger partial charge in [-0.25, -0.2) is 28.5 Å². The summed E-state index contributed by atoms with van der Waals surface area (Å²) in [6.07, 6.45) is 2.28. The number of carbonyl (C=O) groups is 2. The van der Waals surface area contributed by atoms with Crippen LogP contribution < -0.4 is 10.6 Å². The number of nitrogens with zero attached hydrogens (tertiary/aromatic N) is 5. The summed E-state index contributed by atoms with van der Waals surface area (Å²) >= 11 is 1.33. The number of halogens is 2. The molecule has 2 aromatic heterocycles. The van der Waals surface area contributed by atoms with Crippen LogP contribution in [0.2, 0.25) is 0 Å². The van der Waals surface area contributed by atoms with Gasteiger partial charge in [0.2, 0.25) is 5.91 Å². The molecule has 0 spiro atoms. The van der Waals surface area contributed by atoms with E-state index in [0.29, 0.717) is 40.8 Å². The number of fused-ring (bicyclic) bond motifs is 1. The smallest absolute Gasteiger partial charge is 0.407 e. The van der Waals surface area contributed by atoms with Gasteiger partial charge >= 0.3 is 6.09 Å². The Bertz CT molecular complexity index is 1330. The van der Waals surface area contributed by atoms with Crippen LogP contribution in [0.15, 0.2) is 35.5 Å². The number of likely N-dealkylation sites (tertiary alicyclic amines) is 1. The highest BCUT2D eigenvalue weighted by Crippen LogP contribution is 2.31. The van der Waals surface area contributed by atoms with E-state index in [4.69, 9.17) is 0 Å². The number of anilines is 1. The van der Waals surface area contributed by atoms with Crippen LogP contribution in [0.5, 0.6) is 0 Å². The third-order valence-electron chi connectivity index (χ3n) is 7.09. The minimum absolute atomic E-state index is 0.0701. The molecule has 0 bridgehead atoms. The summed E-state index contributed by atoms with van der Waals surface area (Å²) in [7, 11) is 1.28. The van der Waals surface area contributed by atoms with Gasteiger partial charge in [-0.3, -0.25) is 9.36 Å². The zero-order valence-corrected chi connectivity index (χ0v) is 21.9. The largest absolute Gasteiger partial charge is 0.453 e. The van der Waals surface area contributed by atoms with Crippen LogP contribution in [0.25, 0.3) is 16.9 Å². The zero-order chi connectivity index (χ0) is 26.8. The van der Waals surface area contributed by atoms with Crippen LogP contribution in [0.1, 0.15) is 44.4 Å². The van der Waals surface area contributed by atoms with E-state index in [-0.39, 0.29) is 23.8 Å². The quantitative estimate of drug-likeness (QED) is 0.336. The molecule has 1 atom stereocenters. The maximum absolute atomic E-state index is 13.9. The lowest BCUT2D eigenvalue weighted by Crippen LogP contribution is -2.46. The number of aromatic nitrogens is 4. The highest BCUT2D eigenvalue weighted by Gasteiger charge is 2.38. The highest BCUT2D eigenvalue weighted by atomic mass is 32.2. The molecule has 2 amide bonds. The van der Waals surface area contributed by atoms with Gasteiger partial charge in [-0.1, -0.05) is 23.9 Å². The first-order valence-corrected chi connectivity index (χ1v) is 13.7. The second-order valence-corrected chi connectivity index (χ2v) is 10.1. The molecule has 10 nitrogen and oxygen atoms in total. The van der Waals surface area contributed by atoms with Crippen LogP contribution in [-0.4, -0.2) is 74.5 Å². The molecular formula is C25H29F2N7O3S. The molecule has 0 radical (unpaired) electrons. The number of imidazole rings is 1. The van der Waals surface area contributed by atoms with Crippen molar-refractivity contribution in [1.82, 2.24) is 29.7 Å². The van der Waals surface area contributed by atoms with Gasteiger partial charge in [0, 0.05) is 24.7 Å². The molecule has 1 aromatic carbocycles. The summed E-state index contributed by atoms with van der Waals surface area (Å²) in [6.45, 7) is 0.605. The van der Waals surface area contributed by atoms with Crippen molar-refractivity contribution in [3.63, 3.8) is 0 Å². The number of amides is 2. The van der Waals surface area contributed by atoms with Crippen LogP contribution in [0, 0.1) is 0 Å². The van der Waals surface area contributed by atoms with E-state index >= 15 is 0 Å². The van der Waals surface area contributed by atoms with Crippen molar-refractivity contribution in [2.75, 3.05) is 25.2 Å². The lowest BCUT2D eigenvalue weighted by molar-refractivity contribution is -0.131. The molecule has 3 heterocycles. The van der Waals surface area contributed by atoms with E-state index in [9.17, 15) is 18.4 Å². The lowest BCUT2D eigenvalue weighted by Gasteiger charge is -2.35. The number of hydrogen-bond acceptors (Lipinski definition) is 8. The zero-order valence-electron chi connectivity index (χ0n) is 21.1. The monoisotopic (exact) mass is 545 g/mol. The summed E-state index contributed by atoms with van der Waals surface area (Å²) in [5.41, 5.74) is 1.02. The Balaban J connectivity index is 1.30. The number of methoxy groups -OCH3 is 1. The van der Waals surface area contributed by atoms with Crippen LogP contribution in [0.4, 0.5) is 19.4 Å².